The normalized spacial score (nSPS) is 16.2. The van der Waals surface area contributed by atoms with Crippen LogP contribution in [0, 0.1) is 0 Å². The molecule has 0 spiro atoms. The Labute approximate surface area is 153 Å². The van der Waals surface area contributed by atoms with Gasteiger partial charge in [0, 0.05) is 47.5 Å². The summed E-state index contributed by atoms with van der Waals surface area (Å²) in [6.45, 7) is 2.75. The third-order valence-corrected chi connectivity index (χ3v) is 5.25. The number of nitrogens with zero attached hydrogens (tertiary/aromatic N) is 2. The summed E-state index contributed by atoms with van der Waals surface area (Å²) in [7, 11) is 0. The smallest absolute Gasteiger partial charge is 0.399 e. The first-order valence-electron chi connectivity index (χ1n) is 7.72. The molecule has 134 valence electrons. The molecule has 0 saturated carbocycles. The lowest BCUT2D eigenvalue weighted by molar-refractivity contribution is -0.137. The van der Waals surface area contributed by atoms with Crippen LogP contribution in [-0.2, 0) is 6.18 Å². The molecular formula is C17H17ClF3N3S. The minimum absolute atomic E-state index is 0.100. The van der Waals surface area contributed by atoms with Crippen molar-refractivity contribution in [2.75, 3.05) is 36.8 Å². The minimum atomic E-state index is -4.40. The van der Waals surface area contributed by atoms with Gasteiger partial charge in [-0.25, -0.2) is 4.31 Å². The summed E-state index contributed by atoms with van der Waals surface area (Å²) in [4.78, 5) is 3.02. The molecule has 1 aliphatic rings. The monoisotopic (exact) mass is 387 g/mol. The lowest BCUT2D eigenvalue weighted by Crippen LogP contribution is -2.43. The highest BCUT2D eigenvalue weighted by Crippen LogP contribution is 2.35. The van der Waals surface area contributed by atoms with Crippen molar-refractivity contribution in [1.82, 2.24) is 4.31 Å². The van der Waals surface area contributed by atoms with E-state index in [1.54, 1.807) is 18.0 Å². The highest BCUT2D eigenvalue weighted by atomic mass is 35.5. The lowest BCUT2D eigenvalue weighted by Gasteiger charge is -2.35. The van der Waals surface area contributed by atoms with Crippen molar-refractivity contribution in [2.45, 2.75) is 11.1 Å². The van der Waals surface area contributed by atoms with Gasteiger partial charge in [0.05, 0.1) is 5.56 Å². The zero-order valence-corrected chi connectivity index (χ0v) is 14.8. The zero-order chi connectivity index (χ0) is 18.0. The maximum atomic E-state index is 13.0. The van der Waals surface area contributed by atoms with Crippen LogP contribution in [-0.4, -0.2) is 30.5 Å². The average Bonchev–Trinajstić information content (AvgIpc) is 2.56. The van der Waals surface area contributed by atoms with E-state index in [2.05, 4.69) is 4.31 Å². The Hall–Kier alpha value is -1.57. The Kier molecular flexibility index (Phi) is 5.36. The van der Waals surface area contributed by atoms with Crippen LogP contribution < -0.4 is 10.6 Å². The van der Waals surface area contributed by atoms with Crippen LogP contribution in [0.25, 0.3) is 0 Å². The molecular weight excluding hydrogens is 371 g/mol. The van der Waals surface area contributed by atoms with Gasteiger partial charge in [-0.15, -0.1) is 0 Å². The number of alkyl halides is 3. The Morgan fingerprint density at radius 2 is 1.60 bits per heavy atom. The third kappa shape index (κ3) is 4.74. The van der Waals surface area contributed by atoms with Crippen molar-refractivity contribution in [1.29, 1.82) is 0 Å². The van der Waals surface area contributed by atoms with Crippen molar-refractivity contribution in [3.05, 3.63) is 53.1 Å². The maximum absolute atomic E-state index is 13.0. The fourth-order valence-electron chi connectivity index (χ4n) is 2.64. The van der Waals surface area contributed by atoms with Gasteiger partial charge in [-0.05, 0) is 54.4 Å². The zero-order valence-electron chi connectivity index (χ0n) is 13.3. The predicted octanol–water partition coefficient (Wildman–Crippen LogP) is 4.77. The molecule has 0 radical (unpaired) electrons. The number of piperazine rings is 1. The quantitative estimate of drug-likeness (QED) is 0.607. The van der Waals surface area contributed by atoms with Crippen molar-refractivity contribution >= 4 is 34.9 Å². The second kappa shape index (κ2) is 7.35. The van der Waals surface area contributed by atoms with E-state index in [0.717, 1.165) is 35.8 Å². The maximum Gasteiger partial charge on any atom is 0.416 e. The van der Waals surface area contributed by atoms with Crippen LogP contribution in [0.4, 0.5) is 24.5 Å². The molecule has 1 aliphatic heterocycles. The number of anilines is 2. The molecule has 0 aromatic heterocycles. The Bertz CT molecular complexity index is 729. The fourth-order valence-corrected chi connectivity index (χ4v) is 3.77. The third-order valence-electron chi connectivity index (χ3n) is 3.93. The number of hydrogen-bond acceptors (Lipinski definition) is 4. The molecule has 1 heterocycles. The largest absolute Gasteiger partial charge is 0.416 e. The molecule has 0 bridgehead atoms. The van der Waals surface area contributed by atoms with E-state index in [-0.39, 0.29) is 5.02 Å². The number of benzene rings is 2. The number of halogens is 4. The fraction of sp³-hybridized carbons (Fsp3) is 0.294. The van der Waals surface area contributed by atoms with Gasteiger partial charge in [0.25, 0.3) is 0 Å². The molecule has 2 aromatic rings. The van der Waals surface area contributed by atoms with Crippen LogP contribution in [0.15, 0.2) is 47.4 Å². The first-order valence-corrected chi connectivity index (χ1v) is 8.87. The first-order chi connectivity index (χ1) is 11.8. The van der Waals surface area contributed by atoms with Gasteiger partial charge in [0.2, 0.25) is 0 Å². The van der Waals surface area contributed by atoms with Crippen molar-refractivity contribution in [3.63, 3.8) is 0 Å². The van der Waals surface area contributed by atoms with E-state index in [1.165, 1.54) is 0 Å². The molecule has 2 aromatic carbocycles. The number of rotatable bonds is 3. The molecule has 1 fully saturated rings. The van der Waals surface area contributed by atoms with Gasteiger partial charge in [-0.3, -0.25) is 0 Å². The summed E-state index contributed by atoms with van der Waals surface area (Å²) in [5.41, 5.74) is 6.19. The average molecular weight is 388 g/mol. The molecule has 8 heteroatoms. The summed E-state index contributed by atoms with van der Waals surface area (Å²) in [6, 6.07) is 11.3. The predicted molar refractivity (Wildman–Crippen MR) is 97.0 cm³/mol. The standard InChI is InChI=1S/C17H17ClF3N3S/c18-13-9-12(17(19,20)21)10-15(11-13)23-5-7-24(8-6-23)25-16-3-1-14(22)2-4-16/h1-4,9-11H,5-8,22H2. The Morgan fingerprint density at radius 1 is 0.960 bits per heavy atom. The summed E-state index contributed by atoms with van der Waals surface area (Å²) in [5.74, 6) is 0. The van der Waals surface area contributed by atoms with E-state index in [0.29, 0.717) is 18.8 Å². The molecule has 0 atom stereocenters. The number of nitrogen functional groups attached to an aromatic ring is 1. The SMILES string of the molecule is Nc1ccc(SN2CCN(c3cc(Cl)cc(C(F)(F)F)c3)CC2)cc1. The van der Waals surface area contributed by atoms with Gasteiger partial charge >= 0.3 is 6.18 Å². The van der Waals surface area contributed by atoms with E-state index < -0.39 is 11.7 Å². The van der Waals surface area contributed by atoms with E-state index in [1.807, 2.05) is 29.2 Å². The van der Waals surface area contributed by atoms with Crippen LogP contribution in [0.2, 0.25) is 5.02 Å². The van der Waals surface area contributed by atoms with Crippen molar-refractivity contribution < 1.29 is 13.2 Å². The molecule has 3 nitrogen and oxygen atoms in total. The van der Waals surface area contributed by atoms with Crippen LogP contribution in [0.5, 0.6) is 0 Å². The van der Waals surface area contributed by atoms with Gasteiger partial charge < -0.3 is 10.6 Å². The molecule has 0 aliphatic carbocycles. The van der Waals surface area contributed by atoms with Crippen molar-refractivity contribution in [2.24, 2.45) is 0 Å². The minimum Gasteiger partial charge on any atom is -0.399 e. The Balaban J connectivity index is 1.64. The lowest BCUT2D eigenvalue weighted by atomic mass is 10.1. The molecule has 0 amide bonds. The molecule has 0 unspecified atom stereocenters. The van der Waals surface area contributed by atoms with Crippen LogP contribution in [0.3, 0.4) is 0 Å². The van der Waals surface area contributed by atoms with E-state index in [9.17, 15) is 13.2 Å². The number of nitrogens with two attached hydrogens (primary N) is 1. The molecule has 3 rings (SSSR count). The van der Waals surface area contributed by atoms with Gasteiger partial charge in [0.15, 0.2) is 0 Å². The first kappa shape index (κ1) is 18.2. The van der Waals surface area contributed by atoms with Crippen LogP contribution in [0.1, 0.15) is 5.56 Å². The van der Waals surface area contributed by atoms with Crippen molar-refractivity contribution in [3.8, 4) is 0 Å². The molecule has 1 saturated heterocycles. The highest BCUT2D eigenvalue weighted by molar-refractivity contribution is 7.97. The van der Waals surface area contributed by atoms with Gasteiger partial charge in [-0.1, -0.05) is 11.6 Å². The highest BCUT2D eigenvalue weighted by Gasteiger charge is 2.32. The number of hydrogen-bond donors (Lipinski definition) is 1. The summed E-state index contributed by atoms with van der Waals surface area (Å²) in [5, 5.41) is 0.100. The topological polar surface area (TPSA) is 32.5 Å². The van der Waals surface area contributed by atoms with Gasteiger partial charge in [0.1, 0.15) is 0 Å². The summed E-state index contributed by atoms with van der Waals surface area (Å²) < 4.78 is 41.0. The second-order valence-corrected chi connectivity index (χ2v) is 7.38. The van der Waals surface area contributed by atoms with Gasteiger partial charge in [-0.2, -0.15) is 13.2 Å². The summed E-state index contributed by atoms with van der Waals surface area (Å²) >= 11 is 7.50. The van der Waals surface area contributed by atoms with Crippen LogP contribution >= 0.6 is 23.5 Å². The Morgan fingerprint density at radius 3 is 2.20 bits per heavy atom. The molecule has 25 heavy (non-hydrogen) atoms. The van der Waals surface area contributed by atoms with E-state index in [4.69, 9.17) is 17.3 Å². The second-order valence-electron chi connectivity index (χ2n) is 5.77. The molecule has 2 N–H and O–H groups in total. The van der Waals surface area contributed by atoms with E-state index >= 15 is 0 Å². The summed E-state index contributed by atoms with van der Waals surface area (Å²) in [6.07, 6.45) is -4.40.